The van der Waals surface area contributed by atoms with Gasteiger partial charge in [0.15, 0.2) is 0 Å². The third-order valence-corrected chi connectivity index (χ3v) is 4.44. The van der Waals surface area contributed by atoms with Crippen LogP contribution in [0.4, 0.5) is 0 Å². The number of nitrogens with one attached hydrogen (secondary N) is 2. The summed E-state index contributed by atoms with van der Waals surface area (Å²) >= 11 is 0. The largest absolute Gasteiger partial charge is 0.351 e. The van der Waals surface area contributed by atoms with Crippen LogP contribution in [0, 0.1) is 0 Å². The number of rotatable bonds is 4. The first-order valence-corrected chi connectivity index (χ1v) is 7.81. The summed E-state index contributed by atoms with van der Waals surface area (Å²) in [4.78, 5) is 11.6. The van der Waals surface area contributed by atoms with Gasteiger partial charge in [-0.05, 0) is 20.8 Å². The van der Waals surface area contributed by atoms with Crippen LogP contribution < -0.4 is 10.6 Å². The lowest BCUT2D eigenvalue weighted by atomic mass is 10.1. The maximum Gasteiger partial charge on any atom is 0.221 e. The minimum atomic E-state index is -3.30. The van der Waals surface area contributed by atoms with Crippen molar-refractivity contribution in [1.82, 2.24) is 14.9 Å². The van der Waals surface area contributed by atoms with Gasteiger partial charge < -0.3 is 10.6 Å². The van der Waals surface area contributed by atoms with Gasteiger partial charge in [-0.15, -0.1) is 0 Å². The van der Waals surface area contributed by atoms with Crippen LogP contribution in [0.15, 0.2) is 0 Å². The average Bonchev–Trinajstić information content (AvgIpc) is 2.26. The van der Waals surface area contributed by atoms with Crippen molar-refractivity contribution in [3.8, 4) is 0 Å². The van der Waals surface area contributed by atoms with Gasteiger partial charge in [-0.3, -0.25) is 4.79 Å². The van der Waals surface area contributed by atoms with E-state index >= 15 is 0 Å². The van der Waals surface area contributed by atoms with Gasteiger partial charge in [0, 0.05) is 38.1 Å². The first kappa shape index (κ1) is 15.4. The summed E-state index contributed by atoms with van der Waals surface area (Å²) in [5, 5.41) is 5.86. The van der Waals surface area contributed by atoms with Gasteiger partial charge >= 0.3 is 0 Å². The minimum absolute atomic E-state index is 0.0174. The molecule has 0 spiro atoms. The van der Waals surface area contributed by atoms with Crippen molar-refractivity contribution in [2.75, 3.05) is 31.9 Å². The van der Waals surface area contributed by atoms with Crippen molar-refractivity contribution >= 4 is 15.9 Å². The second kappa shape index (κ2) is 5.99. The fourth-order valence-corrected chi connectivity index (χ4v) is 3.19. The molecule has 1 heterocycles. The van der Waals surface area contributed by atoms with Gasteiger partial charge in [-0.25, -0.2) is 8.42 Å². The maximum absolute atomic E-state index is 12.0. The van der Waals surface area contributed by atoms with E-state index in [-0.39, 0.29) is 23.6 Å². The van der Waals surface area contributed by atoms with Gasteiger partial charge in [-0.1, -0.05) is 0 Å². The fraction of sp³-hybridized carbons (Fsp3) is 0.909. The van der Waals surface area contributed by atoms with E-state index in [0.29, 0.717) is 26.2 Å². The molecule has 0 aromatic rings. The zero-order valence-electron chi connectivity index (χ0n) is 11.3. The molecule has 106 valence electrons. The Balaban J connectivity index is 2.44. The lowest BCUT2D eigenvalue weighted by Gasteiger charge is -2.27. The molecule has 6 nitrogen and oxygen atoms in total. The van der Waals surface area contributed by atoms with Crippen LogP contribution >= 0.6 is 0 Å². The molecule has 0 radical (unpaired) electrons. The Labute approximate surface area is 109 Å². The van der Waals surface area contributed by atoms with E-state index < -0.39 is 10.0 Å². The van der Waals surface area contributed by atoms with Gasteiger partial charge in [0.1, 0.15) is 0 Å². The second-order valence-corrected chi connectivity index (χ2v) is 7.60. The molecule has 0 saturated carbocycles. The summed E-state index contributed by atoms with van der Waals surface area (Å²) in [5.41, 5.74) is -0.324. The summed E-state index contributed by atoms with van der Waals surface area (Å²) in [6, 6.07) is 0. The predicted molar refractivity (Wildman–Crippen MR) is 70.7 cm³/mol. The molecule has 1 aliphatic heterocycles. The van der Waals surface area contributed by atoms with E-state index in [0.717, 1.165) is 0 Å². The number of amides is 1. The Hall–Kier alpha value is -0.660. The first-order chi connectivity index (χ1) is 8.21. The zero-order valence-corrected chi connectivity index (χ0v) is 12.1. The second-order valence-electron chi connectivity index (χ2n) is 5.51. The fourth-order valence-electron chi connectivity index (χ4n) is 1.75. The molecule has 1 amide bonds. The van der Waals surface area contributed by atoms with Crippen LogP contribution in [0.2, 0.25) is 0 Å². The van der Waals surface area contributed by atoms with Crippen LogP contribution in [0.5, 0.6) is 0 Å². The van der Waals surface area contributed by atoms with E-state index in [1.54, 1.807) is 0 Å². The summed E-state index contributed by atoms with van der Waals surface area (Å²) in [6.45, 7) is 7.94. The van der Waals surface area contributed by atoms with Crippen LogP contribution in [0.3, 0.4) is 0 Å². The third kappa shape index (κ3) is 5.32. The molecule has 0 aliphatic carbocycles. The SMILES string of the molecule is CC(C)(C)NC(=O)CCS(=O)(=O)N1CCNCC1. The Morgan fingerprint density at radius 2 is 1.83 bits per heavy atom. The quantitative estimate of drug-likeness (QED) is 0.728. The van der Waals surface area contributed by atoms with Crippen LogP contribution in [-0.2, 0) is 14.8 Å². The van der Waals surface area contributed by atoms with Crippen LogP contribution in [0.1, 0.15) is 27.2 Å². The monoisotopic (exact) mass is 277 g/mol. The molecule has 1 fully saturated rings. The van der Waals surface area contributed by atoms with Crippen molar-refractivity contribution in [2.45, 2.75) is 32.7 Å². The molecule has 1 aliphatic rings. The summed E-state index contributed by atoms with van der Waals surface area (Å²) in [6.07, 6.45) is 0.0174. The molecule has 1 saturated heterocycles. The highest BCUT2D eigenvalue weighted by Gasteiger charge is 2.25. The van der Waals surface area contributed by atoms with Gasteiger partial charge in [0.2, 0.25) is 15.9 Å². The number of sulfonamides is 1. The average molecular weight is 277 g/mol. The molecule has 2 N–H and O–H groups in total. The topological polar surface area (TPSA) is 78.5 Å². The normalized spacial score (nSPS) is 18.6. The lowest BCUT2D eigenvalue weighted by molar-refractivity contribution is -0.122. The Bertz CT molecular complexity index is 381. The van der Waals surface area contributed by atoms with Crippen molar-refractivity contribution < 1.29 is 13.2 Å². The highest BCUT2D eigenvalue weighted by atomic mass is 32.2. The number of hydrogen-bond donors (Lipinski definition) is 2. The molecule has 0 aromatic heterocycles. The van der Waals surface area contributed by atoms with Gasteiger partial charge in [-0.2, -0.15) is 4.31 Å². The summed E-state index contributed by atoms with van der Waals surface area (Å²) in [7, 11) is -3.30. The number of nitrogens with zero attached hydrogens (tertiary/aromatic N) is 1. The first-order valence-electron chi connectivity index (χ1n) is 6.20. The predicted octanol–water partition coefficient (Wildman–Crippen LogP) is -0.474. The van der Waals surface area contributed by atoms with Crippen LogP contribution in [0.25, 0.3) is 0 Å². The molecule has 0 aromatic carbocycles. The van der Waals surface area contributed by atoms with E-state index in [4.69, 9.17) is 0 Å². The van der Waals surface area contributed by atoms with E-state index in [1.807, 2.05) is 20.8 Å². The summed E-state index contributed by atoms with van der Waals surface area (Å²) in [5.74, 6) is -0.337. The van der Waals surface area contributed by atoms with Crippen LogP contribution in [-0.4, -0.2) is 56.1 Å². The van der Waals surface area contributed by atoms with Crippen molar-refractivity contribution in [1.29, 1.82) is 0 Å². The van der Waals surface area contributed by atoms with Crippen molar-refractivity contribution in [3.05, 3.63) is 0 Å². The van der Waals surface area contributed by atoms with Crippen molar-refractivity contribution in [3.63, 3.8) is 0 Å². The summed E-state index contributed by atoms with van der Waals surface area (Å²) < 4.78 is 25.4. The highest BCUT2D eigenvalue weighted by Crippen LogP contribution is 2.06. The zero-order chi connectivity index (χ0) is 13.8. The molecule has 1 rings (SSSR count). The molecule has 7 heteroatoms. The van der Waals surface area contributed by atoms with Gasteiger partial charge in [0.05, 0.1) is 5.75 Å². The number of hydrogen-bond acceptors (Lipinski definition) is 4. The Kier molecular flexibility index (Phi) is 5.12. The molecule has 0 unspecified atom stereocenters. The molecular formula is C11H23N3O3S. The number of carbonyl (C=O) groups excluding carboxylic acids is 1. The molecular weight excluding hydrogens is 254 g/mol. The lowest BCUT2D eigenvalue weighted by Crippen LogP contribution is -2.48. The highest BCUT2D eigenvalue weighted by molar-refractivity contribution is 7.89. The van der Waals surface area contributed by atoms with Crippen molar-refractivity contribution in [2.24, 2.45) is 0 Å². The molecule has 0 atom stereocenters. The van der Waals surface area contributed by atoms with E-state index in [2.05, 4.69) is 10.6 Å². The Morgan fingerprint density at radius 3 is 2.33 bits per heavy atom. The van der Waals surface area contributed by atoms with E-state index in [1.165, 1.54) is 4.31 Å². The molecule has 18 heavy (non-hydrogen) atoms. The third-order valence-electron chi connectivity index (χ3n) is 2.57. The number of piperazine rings is 1. The standard InChI is InChI=1S/C11H23N3O3S/c1-11(2,3)13-10(15)4-9-18(16,17)14-7-5-12-6-8-14/h12H,4-9H2,1-3H3,(H,13,15). The molecule has 0 bridgehead atoms. The van der Waals surface area contributed by atoms with E-state index in [9.17, 15) is 13.2 Å². The Morgan fingerprint density at radius 1 is 1.28 bits per heavy atom. The van der Waals surface area contributed by atoms with Gasteiger partial charge in [0.25, 0.3) is 0 Å². The maximum atomic E-state index is 12.0. The number of carbonyl (C=O) groups is 1. The minimum Gasteiger partial charge on any atom is -0.351 e. The smallest absolute Gasteiger partial charge is 0.221 e.